The molecule has 1 aromatic heterocycles. The predicted molar refractivity (Wildman–Crippen MR) is 98.9 cm³/mol. The average molecular weight is 345 g/mol. The van der Waals surface area contributed by atoms with E-state index in [0.29, 0.717) is 37.1 Å². The maximum absolute atomic E-state index is 12.7. The molecule has 5 heteroatoms. The third-order valence-electron chi connectivity index (χ3n) is 4.88. The van der Waals surface area contributed by atoms with Gasteiger partial charge in [-0.05, 0) is 25.0 Å². The van der Waals surface area contributed by atoms with Crippen molar-refractivity contribution in [3.63, 3.8) is 0 Å². The average Bonchev–Trinajstić information content (AvgIpc) is 2.73. The molecule has 1 aliphatic heterocycles. The lowest BCUT2D eigenvalue weighted by atomic mass is 9.89. The van der Waals surface area contributed by atoms with Crippen molar-refractivity contribution in [1.82, 2.24) is 14.9 Å². The minimum Gasteiger partial charge on any atom is -0.337 e. The lowest BCUT2D eigenvalue weighted by Gasteiger charge is -2.31. The number of carbonyl (C=O) groups excluding carboxylic acids is 2. The number of hydrogen-bond acceptors (Lipinski definition) is 4. The van der Waals surface area contributed by atoms with Gasteiger partial charge in [-0.1, -0.05) is 42.5 Å². The number of benzene rings is 2. The number of rotatable bonds is 3. The van der Waals surface area contributed by atoms with Gasteiger partial charge in [0.2, 0.25) is 0 Å². The van der Waals surface area contributed by atoms with Crippen molar-refractivity contribution in [2.45, 2.75) is 12.8 Å². The fourth-order valence-electron chi connectivity index (χ4n) is 3.41. The van der Waals surface area contributed by atoms with E-state index < -0.39 is 0 Å². The van der Waals surface area contributed by atoms with Crippen molar-refractivity contribution in [2.24, 2.45) is 5.92 Å². The zero-order valence-electron chi connectivity index (χ0n) is 14.3. The number of aromatic nitrogens is 2. The molecule has 2 heterocycles. The number of amides is 1. The van der Waals surface area contributed by atoms with Crippen LogP contribution in [-0.2, 0) is 0 Å². The van der Waals surface area contributed by atoms with E-state index in [1.54, 1.807) is 4.90 Å². The number of nitrogens with zero attached hydrogens (tertiary/aromatic N) is 3. The normalized spacial score (nSPS) is 15.2. The Labute approximate surface area is 151 Å². The van der Waals surface area contributed by atoms with Crippen LogP contribution in [0.4, 0.5) is 0 Å². The number of likely N-dealkylation sites (tertiary alicyclic amines) is 1. The number of para-hydroxylation sites is 2. The number of Topliss-reactive ketones (excluding diaryl/α,β-unsaturated/α-hetero) is 1. The molecular weight excluding hydrogens is 326 g/mol. The van der Waals surface area contributed by atoms with Gasteiger partial charge in [-0.2, -0.15) is 0 Å². The minimum atomic E-state index is -0.117. The smallest absolute Gasteiger partial charge is 0.274 e. The summed E-state index contributed by atoms with van der Waals surface area (Å²) >= 11 is 0. The molecule has 0 atom stereocenters. The first-order valence-electron chi connectivity index (χ1n) is 8.83. The Morgan fingerprint density at radius 3 is 2.27 bits per heavy atom. The Morgan fingerprint density at radius 2 is 1.54 bits per heavy atom. The van der Waals surface area contributed by atoms with Crippen LogP contribution in [0.5, 0.6) is 0 Å². The van der Waals surface area contributed by atoms with E-state index in [2.05, 4.69) is 9.97 Å². The van der Waals surface area contributed by atoms with Crippen LogP contribution in [0.15, 0.2) is 60.8 Å². The van der Waals surface area contributed by atoms with Gasteiger partial charge in [-0.15, -0.1) is 0 Å². The molecule has 130 valence electrons. The van der Waals surface area contributed by atoms with Crippen LogP contribution in [0.25, 0.3) is 11.0 Å². The van der Waals surface area contributed by atoms with E-state index in [4.69, 9.17) is 0 Å². The Kier molecular flexibility index (Phi) is 4.44. The molecular formula is C21H19N3O2. The summed E-state index contributed by atoms with van der Waals surface area (Å²) in [7, 11) is 0. The zero-order chi connectivity index (χ0) is 17.9. The fourth-order valence-corrected chi connectivity index (χ4v) is 3.41. The number of hydrogen-bond donors (Lipinski definition) is 0. The van der Waals surface area contributed by atoms with E-state index in [-0.39, 0.29) is 17.6 Å². The third-order valence-corrected chi connectivity index (χ3v) is 4.88. The van der Waals surface area contributed by atoms with Gasteiger partial charge in [0, 0.05) is 24.6 Å². The molecule has 0 spiro atoms. The first-order valence-corrected chi connectivity index (χ1v) is 8.83. The summed E-state index contributed by atoms with van der Waals surface area (Å²) in [5.74, 6) is 0.0289. The largest absolute Gasteiger partial charge is 0.337 e. The topological polar surface area (TPSA) is 63.2 Å². The molecule has 4 rings (SSSR count). The van der Waals surface area contributed by atoms with Crippen LogP contribution in [0.2, 0.25) is 0 Å². The fraction of sp³-hybridized carbons (Fsp3) is 0.238. The molecule has 0 N–H and O–H groups in total. The molecule has 3 aromatic rings. The van der Waals surface area contributed by atoms with Crippen LogP contribution in [0, 0.1) is 5.92 Å². The first-order chi connectivity index (χ1) is 12.7. The molecule has 1 amide bonds. The first kappa shape index (κ1) is 16.4. The van der Waals surface area contributed by atoms with Crippen molar-refractivity contribution < 1.29 is 9.59 Å². The molecule has 0 aliphatic carbocycles. The maximum Gasteiger partial charge on any atom is 0.274 e. The standard InChI is InChI=1S/C21H19N3O2/c25-20(15-6-2-1-3-7-15)16-10-12-24(13-11-16)21(26)19-14-22-17-8-4-5-9-18(17)23-19/h1-9,14,16H,10-13H2. The molecule has 0 bridgehead atoms. The van der Waals surface area contributed by atoms with Crippen LogP contribution >= 0.6 is 0 Å². The maximum atomic E-state index is 12.7. The highest BCUT2D eigenvalue weighted by atomic mass is 16.2. The zero-order valence-corrected chi connectivity index (χ0v) is 14.3. The Balaban J connectivity index is 1.43. The lowest BCUT2D eigenvalue weighted by molar-refractivity contribution is 0.0645. The van der Waals surface area contributed by atoms with E-state index >= 15 is 0 Å². The van der Waals surface area contributed by atoms with Gasteiger partial charge in [0.05, 0.1) is 17.2 Å². The molecule has 26 heavy (non-hydrogen) atoms. The molecule has 1 saturated heterocycles. The summed E-state index contributed by atoms with van der Waals surface area (Å²) in [5.41, 5.74) is 2.60. The molecule has 1 aliphatic rings. The molecule has 0 unspecified atom stereocenters. The highest BCUT2D eigenvalue weighted by molar-refractivity contribution is 5.98. The molecule has 1 fully saturated rings. The van der Waals surface area contributed by atoms with E-state index in [1.165, 1.54) is 6.20 Å². The van der Waals surface area contributed by atoms with Gasteiger partial charge >= 0.3 is 0 Å². The van der Waals surface area contributed by atoms with E-state index in [1.807, 2.05) is 54.6 Å². The number of fused-ring (bicyclic) bond motifs is 1. The monoisotopic (exact) mass is 345 g/mol. The van der Waals surface area contributed by atoms with Crippen LogP contribution in [0.1, 0.15) is 33.7 Å². The second-order valence-electron chi connectivity index (χ2n) is 6.54. The van der Waals surface area contributed by atoms with Crippen molar-refractivity contribution in [2.75, 3.05) is 13.1 Å². The van der Waals surface area contributed by atoms with Crippen molar-refractivity contribution in [3.8, 4) is 0 Å². The quantitative estimate of drug-likeness (QED) is 0.683. The molecule has 5 nitrogen and oxygen atoms in total. The summed E-state index contributed by atoms with van der Waals surface area (Å²) in [6.07, 6.45) is 2.90. The minimum absolute atomic E-state index is 0.0239. The van der Waals surface area contributed by atoms with Gasteiger partial charge in [0.1, 0.15) is 5.69 Å². The molecule has 0 saturated carbocycles. The Hall–Kier alpha value is -3.08. The number of ketones is 1. The van der Waals surface area contributed by atoms with Crippen molar-refractivity contribution in [1.29, 1.82) is 0 Å². The van der Waals surface area contributed by atoms with Gasteiger partial charge in [-0.25, -0.2) is 4.98 Å². The summed E-state index contributed by atoms with van der Waals surface area (Å²) in [5, 5.41) is 0. The second kappa shape index (κ2) is 7.04. The van der Waals surface area contributed by atoms with Gasteiger partial charge in [0.15, 0.2) is 5.78 Å². The summed E-state index contributed by atoms with van der Waals surface area (Å²) in [6, 6.07) is 16.9. The predicted octanol–water partition coefficient (Wildman–Crippen LogP) is 3.36. The SMILES string of the molecule is O=C(c1ccccc1)C1CCN(C(=O)c2cnc3ccccc3n2)CC1. The van der Waals surface area contributed by atoms with Gasteiger partial charge in [0.25, 0.3) is 5.91 Å². The second-order valence-corrected chi connectivity index (χ2v) is 6.54. The summed E-state index contributed by atoms with van der Waals surface area (Å²) < 4.78 is 0. The summed E-state index contributed by atoms with van der Waals surface area (Å²) in [6.45, 7) is 1.13. The van der Waals surface area contributed by atoms with Crippen LogP contribution < -0.4 is 0 Å². The van der Waals surface area contributed by atoms with Crippen molar-refractivity contribution in [3.05, 3.63) is 72.1 Å². The third kappa shape index (κ3) is 3.20. The van der Waals surface area contributed by atoms with E-state index in [0.717, 1.165) is 11.1 Å². The Morgan fingerprint density at radius 1 is 0.885 bits per heavy atom. The highest BCUT2D eigenvalue weighted by Crippen LogP contribution is 2.23. The van der Waals surface area contributed by atoms with Gasteiger partial charge < -0.3 is 4.90 Å². The van der Waals surface area contributed by atoms with Crippen molar-refractivity contribution >= 4 is 22.7 Å². The number of piperidine rings is 1. The molecule has 2 aromatic carbocycles. The van der Waals surface area contributed by atoms with E-state index in [9.17, 15) is 9.59 Å². The lowest BCUT2D eigenvalue weighted by Crippen LogP contribution is -2.40. The molecule has 0 radical (unpaired) electrons. The van der Waals surface area contributed by atoms with Crippen LogP contribution in [0.3, 0.4) is 0 Å². The Bertz CT molecular complexity index is 948. The summed E-state index contributed by atoms with van der Waals surface area (Å²) in [4.78, 5) is 35.8. The van der Waals surface area contributed by atoms with Crippen LogP contribution in [-0.4, -0.2) is 39.6 Å². The number of carbonyl (C=O) groups is 2. The highest BCUT2D eigenvalue weighted by Gasteiger charge is 2.29. The van der Waals surface area contributed by atoms with Gasteiger partial charge in [-0.3, -0.25) is 14.6 Å².